The zero-order valence-corrected chi connectivity index (χ0v) is 25.8. The Morgan fingerprint density at radius 2 is 1.96 bits per heavy atom. The Balaban J connectivity index is 1.41. The standard InChI is InChI=1S/C31H30F3N7O4S/c1-18-7-8-20(25(14-27(42)43)24-9-11-41-28(19(24)2)37-38-30(41)31(32,33)34)12-21(18)16-39-17-23-6-4-5-10-40(23)29-26(46(39,44)45)13-22(35-3)15-36-29/h7-9,11-13,15,23,25H,4-6,10,14,16-17H2,1-2H3,(H,42,43)/t23?,25-/m0/s1. The van der Waals surface area contributed by atoms with Crippen LogP contribution in [0.15, 0.2) is 47.6 Å². The number of aryl methyl sites for hydroxylation is 2. The van der Waals surface area contributed by atoms with Crippen LogP contribution in [-0.4, -0.2) is 62.5 Å². The van der Waals surface area contributed by atoms with E-state index < -0.39 is 33.9 Å². The van der Waals surface area contributed by atoms with Crippen LogP contribution in [0, 0.1) is 20.4 Å². The Hall–Kier alpha value is -4.55. The van der Waals surface area contributed by atoms with Gasteiger partial charge in [-0.2, -0.15) is 17.5 Å². The van der Waals surface area contributed by atoms with E-state index in [1.165, 1.54) is 28.8 Å². The summed E-state index contributed by atoms with van der Waals surface area (Å²) in [7, 11) is -4.09. The van der Waals surface area contributed by atoms with E-state index in [0.29, 0.717) is 34.6 Å². The molecule has 1 fully saturated rings. The second-order valence-corrected chi connectivity index (χ2v) is 13.6. The minimum atomic E-state index is -4.73. The highest BCUT2D eigenvalue weighted by molar-refractivity contribution is 7.89. The zero-order valence-electron chi connectivity index (χ0n) is 25.0. The van der Waals surface area contributed by atoms with Crippen LogP contribution in [0.2, 0.25) is 0 Å². The first-order valence-corrected chi connectivity index (χ1v) is 16.1. The molecule has 3 aromatic heterocycles. The Morgan fingerprint density at radius 3 is 2.67 bits per heavy atom. The third-order valence-corrected chi connectivity index (χ3v) is 10.7. The molecule has 15 heteroatoms. The summed E-state index contributed by atoms with van der Waals surface area (Å²) in [6, 6.07) is 8.01. The molecule has 1 N–H and O–H groups in total. The highest BCUT2D eigenvalue weighted by Crippen LogP contribution is 2.39. The molecule has 4 aromatic rings. The maximum Gasteiger partial charge on any atom is 0.452 e. The number of pyridine rings is 2. The summed E-state index contributed by atoms with van der Waals surface area (Å²) >= 11 is 0. The number of anilines is 1. The topological polar surface area (TPSA) is 125 Å². The van der Waals surface area contributed by atoms with Crippen molar-refractivity contribution in [3.63, 3.8) is 0 Å². The first kappa shape index (κ1) is 31.4. The minimum Gasteiger partial charge on any atom is -0.481 e. The van der Waals surface area contributed by atoms with Crippen LogP contribution < -0.4 is 4.90 Å². The van der Waals surface area contributed by atoms with Crippen molar-refractivity contribution in [1.29, 1.82) is 0 Å². The average molecular weight is 654 g/mol. The lowest BCUT2D eigenvalue weighted by atomic mass is 9.85. The molecule has 5 heterocycles. The molecule has 0 bridgehead atoms. The van der Waals surface area contributed by atoms with Crippen molar-refractivity contribution in [3.05, 3.63) is 87.8 Å². The molecule has 0 spiro atoms. The molecule has 240 valence electrons. The average Bonchev–Trinajstić information content (AvgIpc) is 3.44. The number of nitrogens with zero attached hydrogens (tertiary/aromatic N) is 7. The number of halogens is 3. The van der Waals surface area contributed by atoms with Gasteiger partial charge >= 0.3 is 12.1 Å². The molecule has 0 aliphatic carbocycles. The van der Waals surface area contributed by atoms with Crippen molar-refractivity contribution in [1.82, 2.24) is 23.9 Å². The number of hydrogen-bond donors (Lipinski definition) is 1. The molecule has 0 saturated carbocycles. The maximum absolute atomic E-state index is 14.2. The number of carbonyl (C=O) groups is 1. The monoisotopic (exact) mass is 653 g/mol. The quantitative estimate of drug-likeness (QED) is 0.271. The second kappa shape index (κ2) is 11.7. The molecule has 0 amide bonds. The number of carboxylic acid groups (broad SMARTS) is 1. The normalized spacial score (nSPS) is 18.8. The van der Waals surface area contributed by atoms with Crippen molar-refractivity contribution in [2.24, 2.45) is 0 Å². The largest absolute Gasteiger partial charge is 0.481 e. The van der Waals surface area contributed by atoms with Gasteiger partial charge in [0.05, 0.1) is 13.0 Å². The lowest BCUT2D eigenvalue weighted by Gasteiger charge is -2.36. The smallest absolute Gasteiger partial charge is 0.452 e. The molecule has 1 unspecified atom stereocenters. The summed E-state index contributed by atoms with van der Waals surface area (Å²) in [5, 5.41) is 16.9. The van der Waals surface area contributed by atoms with Crippen LogP contribution in [0.4, 0.5) is 24.7 Å². The third kappa shape index (κ3) is 5.56. The lowest BCUT2D eigenvalue weighted by molar-refractivity contribution is -0.145. The molecular weight excluding hydrogens is 623 g/mol. The maximum atomic E-state index is 14.2. The van der Waals surface area contributed by atoms with E-state index in [1.54, 1.807) is 25.1 Å². The molecule has 46 heavy (non-hydrogen) atoms. The van der Waals surface area contributed by atoms with Gasteiger partial charge in [-0.3, -0.25) is 9.20 Å². The van der Waals surface area contributed by atoms with E-state index in [4.69, 9.17) is 6.57 Å². The molecule has 1 aromatic carbocycles. The number of rotatable bonds is 6. The van der Waals surface area contributed by atoms with E-state index >= 15 is 0 Å². The summed E-state index contributed by atoms with van der Waals surface area (Å²) < 4.78 is 71.0. The first-order valence-electron chi connectivity index (χ1n) is 14.7. The second-order valence-electron chi connectivity index (χ2n) is 11.7. The number of benzene rings is 1. The summed E-state index contributed by atoms with van der Waals surface area (Å²) in [6.07, 6.45) is 0.0992. The third-order valence-electron chi connectivity index (χ3n) is 8.88. The summed E-state index contributed by atoms with van der Waals surface area (Å²) in [5.41, 5.74) is 2.91. The number of aromatic nitrogens is 4. The van der Waals surface area contributed by atoms with E-state index in [9.17, 15) is 31.5 Å². The van der Waals surface area contributed by atoms with Crippen molar-refractivity contribution < 1.29 is 31.5 Å². The van der Waals surface area contributed by atoms with Crippen LogP contribution in [-0.2, 0) is 27.5 Å². The van der Waals surface area contributed by atoms with Crippen molar-refractivity contribution in [2.75, 3.05) is 18.0 Å². The van der Waals surface area contributed by atoms with Crippen molar-refractivity contribution in [3.8, 4) is 0 Å². The van der Waals surface area contributed by atoms with Gasteiger partial charge in [-0.05, 0) is 73.1 Å². The van der Waals surface area contributed by atoms with E-state index in [-0.39, 0.29) is 41.8 Å². The number of fused-ring (bicyclic) bond motifs is 4. The number of sulfonamides is 1. The van der Waals surface area contributed by atoms with Crippen LogP contribution in [0.3, 0.4) is 0 Å². The van der Waals surface area contributed by atoms with E-state index in [2.05, 4.69) is 20.0 Å². The molecule has 2 aliphatic heterocycles. The van der Waals surface area contributed by atoms with Crippen LogP contribution in [0.1, 0.15) is 65.2 Å². The highest BCUT2D eigenvalue weighted by atomic mass is 32.2. The minimum absolute atomic E-state index is 0.00897. The SMILES string of the molecule is [C-]#[N+]c1cnc2c(c1)S(=O)(=O)N(Cc1cc([C@H](CC(=O)O)c3ccn4c(C(F)(F)F)nnc4c3C)ccc1C)CC1CCCCN21. The van der Waals surface area contributed by atoms with E-state index in [1.807, 2.05) is 11.8 Å². The number of aliphatic carboxylic acids is 1. The van der Waals surface area contributed by atoms with Crippen molar-refractivity contribution >= 4 is 33.1 Å². The Labute approximate surface area is 263 Å². The van der Waals surface area contributed by atoms with Gasteiger partial charge in [0.2, 0.25) is 21.5 Å². The number of alkyl halides is 3. The molecule has 2 atom stereocenters. The molecule has 11 nitrogen and oxygen atoms in total. The van der Waals surface area contributed by atoms with Gasteiger partial charge in [0.1, 0.15) is 10.7 Å². The van der Waals surface area contributed by atoms with Gasteiger partial charge in [-0.15, -0.1) is 10.2 Å². The Morgan fingerprint density at radius 1 is 1.17 bits per heavy atom. The highest BCUT2D eigenvalue weighted by Gasteiger charge is 2.40. The predicted octanol–water partition coefficient (Wildman–Crippen LogP) is 5.48. The van der Waals surface area contributed by atoms with Gasteiger partial charge < -0.3 is 10.0 Å². The van der Waals surface area contributed by atoms with E-state index in [0.717, 1.165) is 29.2 Å². The fraction of sp³-hybridized carbons (Fsp3) is 0.387. The molecule has 2 aliphatic rings. The number of carboxylic acids is 1. The zero-order chi connectivity index (χ0) is 33.0. The van der Waals surface area contributed by atoms with Crippen LogP contribution in [0.25, 0.3) is 10.5 Å². The summed E-state index contributed by atoms with van der Waals surface area (Å²) in [4.78, 5) is 21.9. The number of hydrogen-bond acceptors (Lipinski definition) is 7. The summed E-state index contributed by atoms with van der Waals surface area (Å²) in [5.74, 6) is -2.72. The fourth-order valence-electron chi connectivity index (χ4n) is 6.50. The first-order chi connectivity index (χ1) is 21.8. The molecule has 0 radical (unpaired) electrons. The number of piperidine rings is 1. The Kier molecular flexibility index (Phi) is 7.97. The van der Waals surface area contributed by atoms with Crippen LogP contribution >= 0.6 is 0 Å². The summed E-state index contributed by atoms with van der Waals surface area (Å²) in [6.45, 7) is 11.7. The van der Waals surface area contributed by atoms with Crippen molar-refractivity contribution in [2.45, 2.75) is 69.1 Å². The van der Waals surface area contributed by atoms with Gasteiger partial charge in [-0.25, -0.2) is 18.2 Å². The molecular formula is C31H30F3N7O4S. The van der Waals surface area contributed by atoms with Gasteiger partial charge in [0, 0.05) is 44.0 Å². The lowest BCUT2D eigenvalue weighted by Crippen LogP contribution is -2.45. The van der Waals surface area contributed by atoms with Gasteiger partial charge in [0.25, 0.3) is 0 Å². The molecule has 6 rings (SSSR count). The van der Waals surface area contributed by atoms with Gasteiger partial charge in [-0.1, -0.05) is 18.2 Å². The Bertz CT molecular complexity index is 2010. The van der Waals surface area contributed by atoms with Crippen LogP contribution in [0.5, 0.6) is 0 Å². The van der Waals surface area contributed by atoms with Gasteiger partial charge in [0.15, 0.2) is 5.65 Å². The predicted molar refractivity (Wildman–Crippen MR) is 161 cm³/mol. The fourth-order valence-corrected chi connectivity index (χ4v) is 8.13. The molecule has 1 saturated heterocycles.